The molecule has 0 N–H and O–H groups in total. The highest BCUT2D eigenvalue weighted by atomic mass is 32.2. The minimum absolute atomic E-state index is 0.113. The lowest BCUT2D eigenvalue weighted by Crippen LogP contribution is -2.31. The number of carbonyl (C=O) groups excluding carboxylic acids is 2. The first-order valence-corrected chi connectivity index (χ1v) is 9.33. The molecule has 0 aliphatic carbocycles. The fourth-order valence-electron chi connectivity index (χ4n) is 2.24. The summed E-state index contributed by atoms with van der Waals surface area (Å²) in [6.07, 6.45) is 1.87. The standard InChI is InChI=1S/C18H22N2O4S2/c1-19(2)10-11-24-16(21)8-9-20-17(22)15(26-18(20)25)12-13-6-4-5-7-14(13)23-3/h4-7,12H,8-11H2,1-3H3. The van der Waals surface area contributed by atoms with Crippen LogP contribution in [-0.4, -0.2) is 66.9 Å². The number of amides is 1. The molecule has 0 bridgehead atoms. The molecule has 8 heteroatoms. The monoisotopic (exact) mass is 394 g/mol. The molecule has 2 rings (SSSR count). The van der Waals surface area contributed by atoms with Gasteiger partial charge in [0.25, 0.3) is 5.91 Å². The maximum absolute atomic E-state index is 12.6. The van der Waals surface area contributed by atoms with E-state index in [1.54, 1.807) is 13.2 Å². The van der Waals surface area contributed by atoms with Gasteiger partial charge in [-0.1, -0.05) is 42.2 Å². The molecule has 0 unspecified atom stereocenters. The summed E-state index contributed by atoms with van der Waals surface area (Å²) in [7, 11) is 5.39. The summed E-state index contributed by atoms with van der Waals surface area (Å²) in [4.78, 5) is 28.3. The van der Waals surface area contributed by atoms with Crippen LogP contribution in [0.3, 0.4) is 0 Å². The van der Waals surface area contributed by atoms with Crippen molar-refractivity contribution in [1.29, 1.82) is 0 Å². The fourth-order valence-corrected chi connectivity index (χ4v) is 3.54. The van der Waals surface area contributed by atoms with Crippen LogP contribution < -0.4 is 4.74 Å². The number of para-hydroxylation sites is 1. The fraction of sp³-hybridized carbons (Fsp3) is 0.389. The molecule has 0 radical (unpaired) electrons. The summed E-state index contributed by atoms with van der Waals surface area (Å²) >= 11 is 6.51. The van der Waals surface area contributed by atoms with Crippen LogP contribution >= 0.6 is 24.0 Å². The maximum Gasteiger partial charge on any atom is 0.307 e. The first-order chi connectivity index (χ1) is 12.4. The van der Waals surface area contributed by atoms with E-state index in [-0.39, 0.29) is 24.8 Å². The van der Waals surface area contributed by atoms with E-state index in [2.05, 4.69) is 0 Å². The lowest BCUT2D eigenvalue weighted by atomic mass is 10.2. The van der Waals surface area contributed by atoms with Crippen LogP contribution in [0.4, 0.5) is 0 Å². The Hall–Kier alpha value is -1.90. The smallest absolute Gasteiger partial charge is 0.307 e. The molecule has 1 amide bonds. The Kier molecular flexibility index (Phi) is 7.62. The van der Waals surface area contributed by atoms with E-state index in [9.17, 15) is 9.59 Å². The average Bonchev–Trinajstić information content (AvgIpc) is 2.86. The summed E-state index contributed by atoms with van der Waals surface area (Å²) in [5.74, 6) is 0.142. The Labute approximate surface area is 163 Å². The van der Waals surface area contributed by atoms with Crippen LogP contribution in [0.25, 0.3) is 6.08 Å². The van der Waals surface area contributed by atoms with Gasteiger partial charge in [0.1, 0.15) is 16.7 Å². The topological polar surface area (TPSA) is 59.1 Å². The van der Waals surface area contributed by atoms with Crippen molar-refractivity contribution in [1.82, 2.24) is 9.80 Å². The second-order valence-corrected chi connectivity index (χ2v) is 7.52. The van der Waals surface area contributed by atoms with Crippen LogP contribution in [0.5, 0.6) is 5.75 Å². The van der Waals surface area contributed by atoms with E-state index < -0.39 is 0 Å². The number of esters is 1. The van der Waals surface area contributed by atoms with E-state index in [1.165, 1.54) is 16.7 Å². The second-order valence-electron chi connectivity index (χ2n) is 5.85. The van der Waals surface area contributed by atoms with Crippen LogP contribution in [0.1, 0.15) is 12.0 Å². The Balaban J connectivity index is 1.96. The van der Waals surface area contributed by atoms with Crippen molar-refractivity contribution in [3.05, 3.63) is 34.7 Å². The number of hydrogen-bond acceptors (Lipinski definition) is 7. The molecule has 0 atom stereocenters. The predicted octanol–water partition coefficient (Wildman–Crippen LogP) is 2.39. The van der Waals surface area contributed by atoms with Gasteiger partial charge in [-0.25, -0.2) is 0 Å². The van der Waals surface area contributed by atoms with Gasteiger partial charge in [0.15, 0.2) is 0 Å². The van der Waals surface area contributed by atoms with Crippen LogP contribution in [0.2, 0.25) is 0 Å². The van der Waals surface area contributed by atoms with Crippen molar-refractivity contribution in [2.24, 2.45) is 0 Å². The van der Waals surface area contributed by atoms with Crippen LogP contribution in [-0.2, 0) is 14.3 Å². The van der Waals surface area contributed by atoms with E-state index in [0.717, 1.165) is 5.56 Å². The first-order valence-electron chi connectivity index (χ1n) is 8.11. The van der Waals surface area contributed by atoms with E-state index in [0.29, 0.717) is 28.1 Å². The quantitative estimate of drug-likeness (QED) is 0.381. The lowest BCUT2D eigenvalue weighted by Gasteiger charge is -2.14. The van der Waals surface area contributed by atoms with Gasteiger partial charge in [-0.05, 0) is 26.2 Å². The highest BCUT2D eigenvalue weighted by Crippen LogP contribution is 2.34. The van der Waals surface area contributed by atoms with E-state index >= 15 is 0 Å². The lowest BCUT2D eigenvalue weighted by molar-refractivity contribution is -0.144. The molecular weight excluding hydrogens is 372 g/mol. The van der Waals surface area contributed by atoms with Gasteiger partial charge in [-0.2, -0.15) is 0 Å². The number of thiocarbonyl (C=S) groups is 1. The summed E-state index contributed by atoms with van der Waals surface area (Å²) in [5, 5.41) is 0. The number of thioether (sulfide) groups is 1. The normalized spacial score (nSPS) is 15.8. The van der Waals surface area contributed by atoms with Crippen molar-refractivity contribution in [3.8, 4) is 5.75 Å². The van der Waals surface area contributed by atoms with Crippen LogP contribution in [0, 0.1) is 0 Å². The molecule has 0 spiro atoms. The maximum atomic E-state index is 12.6. The molecule has 26 heavy (non-hydrogen) atoms. The minimum atomic E-state index is -0.338. The van der Waals surface area contributed by atoms with Gasteiger partial charge in [-0.15, -0.1) is 0 Å². The van der Waals surface area contributed by atoms with Gasteiger partial charge < -0.3 is 14.4 Å². The zero-order valence-corrected chi connectivity index (χ0v) is 16.7. The molecule has 1 aliphatic heterocycles. The number of carbonyl (C=O) groups is 2. The number of rotatable bonds is 8. The van der Waals surface area contributed by atoms with Gasteiger partial charge >= 0.3 is 5.97 Å². The van der Waals surface area contributed by atoms with Gasteiger partial charge in [0.2, 0.25) is 0 Å². The SMILES string of the molecule is COc1ccccc1C=C1SC(=S)N(CCC(=O)OCCN(C)C)C1=O. The first kappa shape index (κ1) is 20.4. The zero-order valence-electron chi connectivity index (χ0n) is 15.1. The van der Waals surface area contributed by atoms with Gasteiger partial charge in [0.05, 0.1) is 18.4 Å². The van der Waals surface area contributed by atoms with Gasteiger partial charge in [-0.3, -0.25) is 14.5 Å². The largest absolute Gasteiger partial charge is 0.496 e. The number of likely N-dealkylation sites (N-methyl/N-ethyl adjacent to an activating group) is 1. The highest BCUT2D eigenvalue weighted by Gasteiger charge is 2.32. The zero-order chi connectivity index (χ0) is 19.1. The number of methoxy groups -OCH3 is 1. The molecule has 1 heterocycles. The predicted molar refractivity (Wildman–Crippen MR) is 107 cm³/mol. The van der Waals surface area contributed by atoms with Crippen LogP contribution in [0.15, 0.2) is 29.2 Å². The summed E-state index contributed by atoms with van der Waals surface area (Å²) in [5.41, 5.74) is 0.804. The molecule has 1 aliphatic rings. The molecule has 140 valence electrons. The molecule has 1 fully saturated rings. The average molecular weight is 395 g/mol. The Morgan fingerprint density at radius 3 is 2.77 bits per heavy atom. The van der Waals surface area contributed by atoms with E-state index in [4.69, 9.17) is 21.7 Å². The molecule has 0 saturated carbocycles. The van der Waals surface area contributed by atoms with Crippen molar-refractivity contribution in [2.45, 2.75) is 6.42 Å². The molecule has 6 nitrogen and oxygen atoms in total. The summed E-state index contributed by atoms with van der Waals surface area (Å²) < 4.78 is 10.9. The molecule has 1 aromatic rings. The summed E-state index contributed by atoms with van der Waals surface area (Å²) in [6, 6.07) is 7.44. The Morgan fingerprint density at radius 1 is 1.35 bits per heavy atom. The van der Waals surface area contributed by atoms with Crippen molar-refractivity contribution in [3.63, 3.8) is 0 Å². The summed E-state index contributed by atoms with van der Waals surface area (Å²) in [6.45, 7) is 1.21. The Morgan fingerprint density at radius 2 is 2.08 bits per heavy atom. The number of benzene rings is 1. The Bertz CT molecular complexity index is 719. The number of ether oxygens (including phenoxy) is 2. The molecule has 1 saturated heterocycles. The number of hydrogen-bond donors (Lipinski definition) is 0. The third-order valence-corrected chi connectivity index (χ3v) is 5.02. The highest BCUT2D eigenvalue weighted by molar-refractivity contribution is 8.26. The van der Waals surface area contributed by atoms with Crippen molar-refractivity contribution >= 4 is 46.3 Å². The van der Waals surface area contributed by atoms with Crippen molar-refractivity contribution < 1.29 is 19.1 Å². The third-order valence-electron chi connectivity index (χ3n) is 3.64. The third kappa shape index (κ3) is 5.55. The van der Waals surface area contributed by atoms with E-state index in [1.807, 2.05) is 43.3 Å². The second kappa shape index (κ2) is 9.70. The minimum Gasteiger partial charge on any atom is -0.496 e. The molecular formula is C18H22N2O4S2. The van der Waals surface area contributed by atoms with Gasteiger partial charge in [0, 0.05) is 18.7 Å². The number of nitrogens with zero attached hydrogens (tertiary/aromatic N) is 2. The molecule has 1 aromatic carbocycles. The van der Waals surface area contributed by atoms with Crippen molar-refractivity contribution in [2.75, 3.05) is 40.9 Å². The molecule has 0 aromatic heterocycles.